The molecular weight excluding hydrogens is 405 g/mol. The molecule has 1 heterocycles. The number of hydrogen-bond donors (Lipinski definition) is 2. The summed E-state index contributed by atoms with van der Waals surface area (Å²) >= 11 is 17.0. The third kappa shape index (κ3) is 4.47. The highest BCUT2D eigenvalue weighted by Crippen LogP contribution is 2.29. The number of nitriles is 1. The van der Waals surface area contributed by atoms with Gasteiger partial charge >= 0.3 is 0 Å². The molecule has 0 radical (unpaired) electrons. The molecule has 3 aromatic rings. The predicted molar refractivity (Wildman–Crippen MR) is 109 cm³/mol. The van der Waals surface area contributed by atoms with Gasteiger partial charge in [0, 0.05) is 5.56 Å². The van der Waals surface area contributed by atoms with Crippen LogP contribution in [0.15, 0.2) is 59.0 Å². The largest absolute Gasteiger partial charge is 0.451 e. The van der Waals surface area contributed by atoms with E-state index in [0.29, 0.717) is 32.6 Å². The Morgan fingerprint density at radius 1 is 1.07 bits per heavy atom. The fraction of sp³-hybridized carbons (Fsp3) is 0. The number of para-hydroxylation sites is 1. The van der Waals surface area contributed by atoms with E-state index >= 15 is 0 Å². The highest BCUT2D eigenvalue weighted by Gasteiger charge is 2.15. The Morgan fingerprint density at radius 3 is 2.59 bits per heavy atom. The summed E-state index contributed by atoms with van der Waals surface area (Å²) in [6, 6.07) is 17.1. The maximum absolute atomic E-state index is 12.3. The molecule has 1 amide bonds. The van der Waals surface area contributed by atoms with Gasteiger partial charge in [-0.1, -0.05) is 35.3 Å². The zero-order valence-electron chi connectivity index (χ0n) is 13.6. The van der Waals surface area contributed by atoms with E-state index in [0.717, 1.165) is 0 Å². The lowest BCUT2D eigenvalue weighted by molar-refractivity contribution is 0.0951. The van der Waals surface area contributed by atoms with Crippen LogP contribution in [-0.4, -0.2) is 11.0 Å². The number of rotatable bonds is 3. The fourth-order valence-corrected chi connectivity index (χ4v) is 2.77. The molecule has 27 heavy (non-hydrogen) atoms. The maximum Gasteiger partial charge on any atom is 0.293 e. The van der Waals surface area contributed by atoms with Gasteiger partial charge in [-0.2, -0.15) is 5.26 Å². The lowest BCUT2D eigenvalue weighted by atomic mass is 10.2. The van der Waals surface area contributed by atoms with Crippen LogP contribution in [-0.2, 0) is 0 Å². The molecule has 0 fully saturated rings. The Bertz CT molecular complexity index is 1070. The standard InChI is InChI=1S/C19H11Cl2N3O2S/c20-13-6-5-11(9-14(13)21)16-7-8-17(26-16)18(25)24-19(27)23-15-4-2-1-3-12(15)10-22/h1-9H,(H2,23,24,25,27). The molecule has 134 valence electrons. The summed E-state index contributed by atoms with van der Waals surface area (Å²) in [6.45, 7) is 0. The van der Waals surface area contributed by atoms with Gasteiger partial charge in [0.15, 0.2) is 10.9 Å². The molecule has 0 aliphatic carbocycles. The molecule has 0 saturated heterocycles. The number of carbonyl (C=O) groups excluding carboxylic acids is 1. The van der Waals surface area contributed by atoms with Crippen molar-refractivity contribution in [1.29, 1.82) is 5.26 Å². The molecule has 1 aromatic heterocycles. The van der Waals surface area contributed by atoms with Crippen LogP contribution in [0.4, 0.5) is 5.69 Å². The van der Waals surface area contributed by atoms with Crippen LogP contribution in [0.2, 0.25) is 10.0 Å². The molecule has 2 N–H and O–H groups in total. The maximum atomic E-state index is 12.3. The van der Waals surface area contributed by atoms with E-state index < -0.39 is 5.91 Å². The Morgan fingerprint density at radius 2 is 1.85 bits per heavy atom. The first-order valence-corrected chi connectivity index (χ1v) is 8.81. The molecule has 0 aliphatic rings. The first-order valence-electron chi connectivity index (χ1n) is 7.64. The summed E-state index contributed by atoms with van der Waals surface area (Å²) < 4.78 is 5.57. The highest BCUT2D eigenvalue weighted by atomic mass is 35.5. The summed E-state index contributed by atoms with van der Waals surface area (Å²) in [6.07, 6.45) is 0. The molecular formula is C19H11Cl2N3O2S. The number of hydrogen-bond acceptors (Lipinski definition) is 4. The molecule has 0 atom stereocenters. The van der Waals surface area contributed by atoms with Crippen molar-refractivity contribution in [2.75, 3.05) is 5.32 Å². The minimum absolute atomic E-state index is 0.0511. The van der Waals surface area contributed by atoms with Gasteiger partial charge < -0.3 is 9.73 Å². The quantitative estimate of drug-likeness (QED) is 0.570. The van der Waals surface area contributed by atoms with E-state index in [4.69, 9.17) is 45.1 Å². The van der Waals surface area contributed by atoms with Crippen LogP contribution in [0.25, 0.3) is 11.3 Å². The van der Waals surface area contributed by atoms with Gasteiger partial charge in [0.2, 0.25) is 0 Å². The molecule has 3 rings (SSSR count). The molecule has 0 saturated carbocycles. The number of thiocarbonyl (C=S) groups is 1. The number of nitrogens with one attached hydrogen (secondary N) is 2. The number of benzene rings is 2. The van der Waals surface area contributed by atoms with Crippen LogP contribution < -0.4 is 10.6 Å². The van der Waals surface area contributed by atoms with Crippen LogP contribution >= 0.6 is 35.4 Å². The van der Waals surface area contributed by atoms with Crippen LogP contribution in [0.1, 0.15) is 16.1 Å². The van der Waals surface area contributed by atoms with Gasteiger partial charge in [-0.3, -0.25) is 10.1 Å². The third-order valence-electron chi connectivity index (χ3n) is 3.56. The van der Waals surface area contributed by atoms with E-state index in [1.54, 1.807) is 48.5 Å². The number of nitrogens with zero attached hydrogens (tertiary/aromatic N) is 1. The van der Waals surface area contributed by atoms with Gasteiger partial charge in [0.25, 0.3) is 5.91 Å². The first kappa shape index (κ1) is 18.9. The number of carbonyl (C=O) groups is 1. The van der Waals surface area contributed by atoms with Gasteiger partial charge in [0.1, 0.15) is 11.8 Å². The number of amides is 1. The molecule has 0 unspecified atom stereocenters. The van der Waals surface area contributed by atoms with E-state index in [2.05, 4.69) is 10.6 Å². The second-order valence-electron chi connectivity index (χ2n) is 5.36. The molecule has 2 aromatic carbocycles. The summed E-state index contributed by atoms with van der Waals surface area (Å²) in [5, 5.41) is 15.3. The number of anilines is 1. The van der Waals surface area contributed by atoms with Crippen molar-refractivity contribution in [3.8, 4) is 17.4 Å². The average molecular weight is 416 g/mol. The fourth-order valence-electron chi connectivity index (χ4n) is 2.27. The van der Waals surface area contributed by atoms with Crippen LogP contribution in [0.5, 0.6) is 0 Å². The van der Waals surface area contributed by atoms with Gasteiger partial charge in [-0.15, -0.1) is 0 Å². The topological polar surface area (TPSA) is 78.1 Å². The smallest absolute Gasteiger partial charge is 0.293 e. The summed E-state index contributed by atoms with van der Waals surface area (Å²) in [4.78, 5) is 12.3. The SMILES string of the molecule is N#Cc1ccccc1NC(=S)NC(=O)c1ccc(-c2ccc(Cl)c(Cl)c2)o1. The molecule has 0 spiro atoms. The van der Waals surface area contributed by atoms with Crippen LogP contribution in [0, 0.1) is 11.3 Å². The molecule has 8 heteroatoms. The summed E-state index contributed by atoms with van der Waals surface area (Å²) in [5.41, 5.74) is 1.60. The van der Waals surface area contributed by atoms with E-state index in [1.165, 1.54) is 6.07 Å². The number of furan rings is 1. The van der Waals surface area contributed by atoms with Crippen molar-refractivity contribution in [2.24, 2.45) is 0 Å². The zero-order valence-corrected chi connectivity index (χ0v) is 16.0. The molecule has 0 bridgehead atoms. The summed E-state index contributed by atoms with van der Waals surface area (Å²) in [5.74, 6) is 0.0226. The first-order chi connectivity index (χ1) is 13.0. The molecule has 0 aliphatic heterocycles. The Labute approximate surface area is 170 Å². The second kappa shape index (κ2) is 8.23. The van der Waals surface area contributed by atoms with Crippen molar-refractivity contribution in [1.82, 2.24) is 5.32 Å². The van der Waals surface area contributed by atoms with Gasteiger partial charge in [0.05, 0.1) is 21.3 Å². The normalized spacial score (nSPS) is 10.1. The minimum Gasteiger partial charge on any atom is -0.451 e. The third-order valence-corrected chi connectivity index (χ3v) is 4.50. The number of halogens is 2. The lowest BCUT2D eigenvalue weighted by Crippen LogP contribution is -2.34. The van der Waals surface area contributed by atoms with Crippen molar-refractivity contribution >= 4 is 52.1 Å². The monoisotopic (exact) mass is 415 g/mol. The van der Waals surface area contributed by atoms with Crippen molar-refractivity contribution < 1.29 is 9.21 Å². The summed E-state index contributed by atoms with van der Waals surface area (Å²) in [7, 11) is 0. The highest BCUT2D eigenvalue weighted by molar-refractivity contribution is 7.80. The second-order valence-corrected chi connectivity index (χ2v) is 6.58. The predicted octanol–water partition coefficient (Wildman–Crippen LogP) is 5.25. The Balaban J connectivity index is 1.70. The van der Waals surface area contributed by atoms with Gasteiger partial charge in [-0.05, 0) is 54.7 Å². The van der Waals surface area contributed by atoms with Crippen LogP contribution in [0.3, 0.4) is 0 Å². The average Bonchev–Trinajstić information content (AvgIpc) is 3.14. The minimum atomic E-state index is -0.520. The molecule has 5 nitrogen and oxygen atoms in total. The van der Waals surface area contributed by atoms with Crippen molar-refractivity contribution in [3.05, 3.63) is 76.0 Å². The van der Waals surface area contributed by atoms with E-state index in [1.807, 2.05) is 6.07 Å². The van der Waals surface area contributed by atoms with E-state index in [9.17, 15) is 4.79 Å². The van der Waals surface area contributed by atoms with E-state index in [-0.39, 0.29) is 10.9 Å². The van der Waals surface area contributed by atoms with Crippen molar-refractivity contribution in [3.63, 3.8) is 0 Å². The Hall–Kier alpha value is -2.85. The Kier molecular flexibility index (Phi) is 5.77. The van der Waals surface area contributed by atoms with Gasteiger partial charge in [-0.25, -0.2) is 0 Å². The van der Waals surface area contributed by atoms with Crippen molar-refractivity contribution in [2.45, 2.75) is 0 Å². The zero-order chi connectivity index (χ0) is 19.4. The lowest BCUT2D eigenvalue weighted by Gasteiger charge is -2.09.